The predicted molar refractivity (Wildman–Crippen MR) is 103 cm³/mol. The normalized spacial score (nSPS) is 10.5. The Morgan fingerprint density at radius 3 is 2.58 bits per heavy atom. The Hall–Kier alpha value is -3.36. The molecule has 0 saturated heterocycles. The molecule has 0 aliphatic carbocycles. The minimum Gasteiger partial charge on any atom is -0.348 e. The zero-order valence-corrected chi connectivity index (χ0v) is 14.6. The van der Waals surface area contributed by atoms with Crippen molar-refractivity contribution in [3.05, 3.63) is 82.9 Å². The molecule has 130 valence electrons. The number of amides is 2. The lowest BCUT2D eigenvalue weighted by Crippen LogP contribution is -2.24. The van der Waals surface area contributed by atoms with Gasteiger partial charge in [-0.1, -0.05) is 29.8 Å². The van der Waals surface area contributed by atoms with Gasteiger partial charge in [0.15, 0.2) is 0 Å². The predicted octanol–water partition coefficient (Wildman–Crippen LogP) is 3.80. The van der Waals surface area contributed by atoms with Gasteiger partial charge in [-0.25, -0.2) is 0 Å². The van der Waals surface area contributed by atoms with E-state index >= 15 is 0 Å². The van der Waals surface area contributed by atoms with Crippen LogP contribution in [0.3, 0.4) is 0 Å². The van der Waals surface area contributed by atoms with E-state index in [9.17, 15) is 9.59 Å². The van der Waals surface area contributed by atoms with E-state index in [1.807, 2.05) is 6.07 Å². The van der Waals surface area contributed by atoms with Gasteiger partial charge in [-0.2, -0.15) is 5.26 Å². The highest BCUT2D eigenvalue weighted by Crippen LogP contribution is 2.16. The van der Waals surface area contributed by atoms with Crippen molar-refractivity contribution in [2.45, 2.75) is 0 Å². The van der Waals surface area contributed by atoms with Crippen LogP contribution in [0, 0.1) is 11.3 Å². The van der Waals surface area contributed by atoms with Crippen LogP contribution in [-0.2, 0) is 4.79 Å². The molecule has 0 spiro atoms. The number of carbonyl (C=O) groups excluding carboxylic acids is 2. The van der Waals surface area contributed by atoms with Gasteiger partial charge in [0.2, 0.25) is 0 Å². The number of rotatable bonds is 6. The number of nitrogens with zero attached hydrogens (tertiary/aromatic N) is 1. The fraction of sp³-hybridized carbons (Fsp3) is 0.0500. The maximum atomic E-state index is 12.2. The summed E-state index contributed by atoms with van der Waals surface area (Å²) in [5.74, 6) is -0.768. The monoisotopic (exact) mass is 365 g/mol. The van der Waals surface area contributed by atoms with Crippen molar-refractivity contribution in [2.75, 3.05) is 11.9 Å². The molecule has 2 amide bonds. The first-order valence-electron chi connectivity index (χ1n) is 7.71. The van der Waals surface area contributed by atoms with E-state index in [0.29, 0.717) is 21.8 Å². The molecule has 0 unspecified atom stereocenters. The summed E-state index contributed by atoms with van der Waals surface area (Å²) in [7, 11) is 0. The van der Waals surface area contributed by atoms with Crippen molar-refractivity contribution in [3.8, 4) is 6.07 Å². The third kappa shape index (κ3) is 5.33. The lowest BCUT2D eigenvalue weighted by molar-refractivity contribution is -0.116. The van der Waals surface area contributed by atoms with Gasteiger partial charge in [0.1, 0.15) is 11.6 Å². The molecule has 0 heterocycles. The minimum absolute atomic E-state index is 0.0342. The molecule has 26 heavy (non-hydrogen) atoms. The van der Waals surface area contributed by atoms with E-state index in [0.717, 1.165) is 0 Å². The van der Waals surface area contributed by atoms with Gasteiger partial charge >= 0.3 is 0 Å². The Morgan fingerprint density at radius 2 is 1.92 bits per heavy atom. The van der Waals surface area contributed by atoms with Crippen LogP contribution in [0.25, 0.3) is 6.08 Å². The van der Waals surface area contributed by atoms with E-state index in [4.69, 9.17) is 16.9 Å². The van der Waals surface area contributed by atoms with Crippen LogP contribution >= 0.6 is 11.6 Å². The van der Waals surface area contributed by atoms with Gasteiger partial charge in [0.05, 0.1) is 0 Å². The number of nitrogens with one attached hydrogen (secondary N) is 2. The quantitative estimate of drug-likeness (QED) is 0.464. The van der Waals surface area contributed by atoms with Crippen LogP contribution < -0.4 is 10.6 Å². The first kappa shape index (κ1) is 19.0. The van der Waals surface area contributed by atoms with E-state index in [1.54, 1.807) is 48.5 Å². The highest BCUT2D eigenvalue weighted by atomic mass is 35.5. The van der Waals surface area contributed by atoms with Crippen molar-refractivity contribution >= 4 is 35.2 Å². The molecule has 0 fully saturated rings. The van der Waals surface area contributed by atoms with Crippen molar-refractivity contribution in [2.24, 2.45) is 0 Å². The van der Waals surface area contributed by atoms with E-state index < -0.39 is 5.91 Å². The summed E-state index contributed by atoms with van der Waals surface area (Å²) >= 11 is 5.81. The van der Waals surface area contributed by atoms with Gasteiger partial charge in [-0.15, -0.1) is 6.58 Å². The molecule has 2 rings (SSSR count). The number of hydrogen-bond donors (Lipinski definition) is 2. The molecule has 0 aliphatic heterocycles. The Labute approximate surface area is 156 Å². The number of nitriles is 1. The highest BCUT2D eigenvalue weighted by molar-refractivity contribution is 6.30. The van der Waals surface area contributed by atoms with Crippen LogP contribution in [0.4, 0.5) is 5.69 Å². The second kappa shape index (κ2) is 9.21. The number of carbonyl (C=O) groups is 2. The zero-order chi connectivity index (χ0) is 18.9. The van der Waals surface area contributed by atoms with Crippen LogP contribution in [0.2, 0.25) is 5.02 Å². The second-order valence-electron chi connectivity index (χ2n) is 5.25. The summed E-state index contributed by atoms with van der Waals surface area (Å²) < 4.78 is 0. The molecule has 0 atom stereocenters. The molecule has 0 aliphatic rings. The lowest BCUT2D eigenvalue weighted by Gasteiger charge is -2.07. The van der Waals surface area contributed by atoms with E-state index in [-0.39, 0.29) is 18.0 Å². The Morgan fingerprint density at radius 1 is 1.19 bits per heavy atom. The lowest BCUT2D eigenvalue weighted by atomic mass is 10.1. The number of halogens is 1. The van der Waals surface area contributed by atoms with Crippen molar-refractivity contribution in [1.29, 1.82) is 5.26 Å². The molecule has 6 heteroatoms. The molecule has 0 radical (unpaired) electrons. The fourth-order valence-corrected chi connectivity index (χ4v) is 2.21. The Kier molecular flexibility index (Phi) is 6.72. The smallest absolute Gasteiger partial charge is 0.262 e. The fourth-order valence-electron chi connectivity index (χ4n) is 2.09. The molecule has 2 N–H and O–H groups in total. The maximum absolute atomic E-state index is 12.2. The molecular formula is C20H16ClN3O2. The van der Waals surface area contributed by atoms with E-state index in [2.05, 4.69) is 17.2 Å². The Balaban J connectivity index is 2.16. The summed E-state index contributed by atoms with van der Waals surface area (Å²) in [6.07, 6.45) is 2.98. The van der Waals surface area contributed by atoms with Gasteiger partial charge in [-0.3, -0.25) is 9.59 Å². The number of anilines is 1. The van der Waals surface area contributed by atoms with Crippen LogP contribution in [-0.4, -0.2) is 18.4 Å². The molecule has 5 nitrogen and oxygen atoms in total. The van der Waals surface area contributed by atoms with Crippen LogP contribution in [0.15, 0.2) is 66.8 Å². The first-order valence-corrected chi connectivity index (χ1v) is 8.09. The summed E-state index contributed by atoms with van der Waals surface area (Å²) in [5.41, 5.74) is 1.59. The molecule has 0 aromatic heterocycles. The summed E-state index contributed by atoms with van der Waals surface area (Å²) in [6, 6.07) is 15.2. The van der Waals surface area contributed by atoms with Crippen LogP contribution in [0.1, 0.15) is 15.9 Å². The second-order valence-corrected chi connectivity index (χ2v) is 5.69. The summed E-state index contributed by atoms with van der Waals surface area (Å²) in [5, 5.41) is 15.0. The standard InChI is InChI=1S/C20H16ClN3O2/c1-2-10-23-19(25)16(13-22)11-14-4-3-5-18(12-14)24-20(26)15-6-8-17(21)9-7-15/h2-9,11-12H,1,10H2,(H,23,25)(H,24,26)/b16-11+. The average molecular weight is 366 g/mol. The van der Waals surface area contributed by atoms with Crippen LogP contribution in [0.5, 0.6) is 0 Å². The van der Waals surface area contributed by atoms with Crippen molar-refractivity contribution in [1.82, 2.24) is 5.32 Å². The summed E-state index contributed by atoms with van der Waals surface area (Å²) in [6.45, 7) is 3.78. The third-order valence-corrected chi connectivity index (χ3v) is 3.59. The molecule has 2 aromatic carbocycles. The van der Waals surface area contributed by atoms with Gasteiger partial charge in [-0.05, 0) is 48.0 Å². The van der Waals surface area contributed by atoms with E-state index in [1.165, 1.54) is 12.2 Å². The third-order valence-electron chi connectivity index (χ3n) is 3.33. The molecule has 0 saturated carbocycles. The zero-order valence-electron chi connectivity index (χ0n) is 13.8. The Bertz CT molecular complexity index is 896. The van der Waals surface area contributed by atoms with Crippen molar-refractivity contribution < 1.29 is 9.59 Å². The van der Waals surface area contributed by atoms with Gasteiger partial charge in [0, 0.05) is 22.8 Å². The van der Waals surface area contributed by atoms with Gasteiger partial charge < -0.3 is 10.6 Å². The maximum Gasteiger partial charge on any atom is 0.262 e. The highest BCUT2D eigenvalue weighted by Gasteiger charge is 2.09. The number of benzene rings is 2. The topological polar surface area (TPSA) is 82.0 Å². The average Bonchev–Trinajstić information content (AvgIpc) is 2.65. The largest absolute Gasteiger partial charge is 0.348 e. The molecule has 0 bridgehead atoms. The molecule has 2 aromatic rings. The van der Waals surface area contributed by atoms with Gasteiger partial charge in [0.25, 0.3) is 11.8 Å². The molecular weight excluding hydrogens is 350 g/mol. The first-order chi connectivity index (χ1) is 12.5. The van der Waals surface area contributed by atoms with Crippen molar-refractivity contribution in [3.63, 3.8) is 0 Å². The minimum atomic E-state index is -0.483. The SMILES string of the molecule is C=CCNC(=O)/C(C#N)=C/c1cccc(NC(=O)c2ccc(Cl)cc2)c1. The number of hydrogen-bond acceptors (Lipinski definition) is 3. The summed E-state index contributed by atoms with van der Waals surface area (Å²) in [4.78, 5) is 24.1.